The Morgan fingerprint density at radius 1 is 1.34 bits per heavy atom. The van der Waals surface area contributed by atoms with Crippen LogP contribution in [-0.4, -0.2) is 30.7 Å². The fraction of sp³-hybridized carbons (Fsp3) is 0.458. The molecule has 0 amide bonds. The van der Waals surface area contributed by atoms with Crippen molar-refractivity contribution in [2.24, 2.45) is 0 Å². The van der Waals surface area contributed by atoms with E-state index in [0.717, 1.165) is 31.6 Å². The van der Waals surface area contributed by atoms with Crippen molar-refractivity contribution in [3.05, 3.63) is 60.1 Å². The standard InChI is InChI=1S/C24H32FN3O/c1-5-12-26-24-23(25)22(10-13-27-24)28-14-11-21(16-28)29-20-8-6-19(7-9-20)18(4)15-17(2)3/h6-10,13,18,21H,2,5,11-12,14-16H2,1,3-4H3,(H,26,27)/t18-,21-/m1/s1. The topological polar surface area (TPSA) is 37.4 Å². The summed E-state index contributed by atoms with van der Waals surface area (Å²) in [5, 5.41) is 3.05. The number of ether oxygens (including phenoxy) is 1. The van der Waals surface area contributed by atoms with Gasteiger partial charge in [0.15, 0.2) is 11.6 Å². The molecule has 2 atom stereocenters. The van der Waals surface area contributed by atoms with Crippen molar-refractivity contribution in [2.75, 3.05) is 29.9 Å². The van der Waals surface area contributed by atoms with Crippen molar-refractivity contribution in [2.45, 2.75) is 52.1 Å². The maximum absolute atomic E-state index is 14.8. The van der Waals surface area contributed by atoms with Gasteiger partial charge in [-0.15, -0.1) is 6.58 Å². The van der Waals surface area contributed by atoms with Gasteiger partial charge in [0.2, 0.25) is 0 Å². The van der Waals surface area contributed by atoms with Crippen LogP contribution in [0.15, 0.2) is 48.7 Å². The fourth-order valence-electron chi connectivity index (χ4n) is 3.80. The van der Waals surface area contributed by atoms with E-state index in [2.05, 4.69) is 42.9 Å². The van der Waals surface area contributed by atoms with E-state index in [1.165, 1.54) is 11.1 Å². The molecule has 29 heavy (non-hydrogen) atoms. The first kappa shape index (κ1) is 21.2. The molecule has 5 heteroatoms. The molecule has 0 unspecified atom stereocenters. The third kappa shape index (κ3) is 5.49. The van der Waals surface area contributed by atoms with Crippen LogP contribution in [0.3, 0.4) is 0 Å². The summed E-state index contributed by atoms with van der Waals surface area (Å²) >= 11 is 0. The first-order valence-electron chi connectivity index (χ1n) is 10.5. The first-order chi connectivity index (χ1) is 14.0. The second kappa shape index (κ2) is 9.77. The van der Waals surface area contributed by atoms with E-state index in [-0.39, 0.29) is 11.9 Å². The van der Waals surface area contributed by atoms with E-state index in [1.807, 2.05) is 24.0 Å². The van der Waals surface area contributed by atoms with Crippen LogP contribution < -0.4 is 15.0 Å². The van der Waals surface area contributed by atoms with Crippen LogP contribution in [0.5, 0.6) is 5.75 Å². The lowest BCUT2D eigenvalue weighted by Crippen LogP contribution is -2.25. The molecule has 1 aliphatic heterocycles. The number of halogens is 1. The Morgan fingerprint density at radius 2 is 2.10 bits per heavy atom. The van der Waals surface area contributed by atoms with Crippen LogP contribution in [0.1, 0.15) is 51.5 Å². The number of rotatable bonds is 9. The van der Waals surface area contributed by atoms with E-state index in [0.29, 0.717) is 30.5 Å². The second-order valence-electron chi connectivity index (χ2n) is 8.03. The molecule has 1 fully saturated rings. The number of hydrogen-bond donors (Lipinski definition) is 1. The van der Waals surface area contributed by atoms with Gasteiger partial charge in [-0.3, -0.25) is 0 Å². The predicted octanol–water partition coefficient (Wildman–Crippen LogP) is 5.77. The third-order valence-electron chi connectivity index (χ3n) is 5.30. The summed E-state index contributed by atoms with van der Waals surface area (Å²) in [6, 6.07) is 10.1. The summed E-state index contributed by atoms with van der Waals surface area (Å²) in [6.07, 6.45) is 4.50. The molecule has 156 valence electrons. The monoisotopic (exact) mass is 397 g/mol. The predicted molar refractivity (Wildman–Crippen MR) is 119 cm³/mol. The fourth-order valence-corrected chi connectivity index (χ4v) is 3.80. The van der Waals surface area contributed by atoms with Gasteiger partial charge in [0.05, 0.1) is 12.2 Å². The van der Waals surface area contributed by atoms with Crippen LogP contribution in [-0.2, 0) is 0 Å². The summed E-state index contributed by atoms with van der Waals surface area (Å²) < 4.78 is 21.0. The first-order valence-corrected chi connectivity index (χ1v) is 10.5. The number of nitrogens with zero attached hydrogens (tertiary/aromatic N) is 2. The van der Waals surface area contributed by atoms with Crippen LogP contribution in [0.2, 0.25) is 0 Å². The van der Waals surface area contributed by atoms with Gasteiger partial charge in [-0.25, -0.2) is 9.37 Å². The quantitative estimate of drug-likeness (QED) is 0.545. The number of allylic oxidation sites excluding steroid dienone is 1. The molecule has 3 rings (SSSR count). The van der Waals surface area contributed by atoms with Gasteiger partial charge in [-0.05, 0) is 49.4 Å². The number of aromatic nitrogens is 1. The number of pyridine rings is 1. The molecule has 0 saturated carbocycles. The zero-order chi connectivity index (χ0) is 20.8. The molecule has 2 aromatic rings. The zero-order valence-corrected chi connectivity index (χ0v) is 17.7. The van der Waals surface area contributed by atoms with Gasteiger partial charge in [0.1, 0.15) is 11.9 Å². The smallest absolute Gasteiger partial charge is 0.188 e. The van der Waals surface area contributed by atoms with Crippen LogP contribution in [0.25, 0.3) is 0 Å². The summed E-state index contributed by atoms with van der Waals surface area (Å²) in [5.74, 6) is 1.36. The van der Waals surface area contributed by atoms with Gasteiger partial charge in [0, 0.05) is 25.7 Å². The molecule has 2 heterocycles. The Labute approximate surface area is 173 Å². The third-order valence-corrected chi connectivity index (χ3v) is 5.30. The van der Waals surface area contributed by atoms with Crippen molar-refractivity contribution in [3.8, 4) is 5.75 Å². The van der Waals surface area contributed by atoms with E-state index >= 15 is 0 Å². The van der Waals surface area contributed by atoms with E-state index in [9.17, 15) is 4.39 Å². The highest BCUT2D eigenvalue weighted by Gasteiger charge is 2.27. The highest BCUT2D eigenvalue weighted by Crippen LogP contribution is 2.29. The average molecular weight is 398 g/mol. The molecule has 0 bridgehead atoms. The van der Waals surface area contributed by atoms with Crippen molar-refractivity contribution >= 4 is 11.5 Å². The lowest BCUT2D eigenvalue weighted by atomic mass is 9.95. The Kier molecular flexibility index (Phi) is 7.13. The summed E-state index contributed by atoms with van der Waals surface area (Å²) in [4.78, 5) is 6.17. The molecular formula is C24H32FN3O. The van der Waals surface area contributed by atoms with Crippen molar-refractivity contribution in [3.63, 3.8) is 0 Å². The maximum Gasteiger partial charge on any atom is 0.188 e. The lowest BCUT2D eigenvalue weighted by Gasteiger charge is -2.21. The van der Waals surface area contributed by atoms with Crippen molar-refractivity contribution in [1.82, 2.24) is 4.98 Å². The molecule has 0 aliphatic carbocycles. The minimum Gasteiger partial charge on any atom is -0.489 e. The van der Waals surface area contributed by atoms with E-state index in [4.69, 9.17) is 4.74 Å². The maximum atomic E-state index is 14.8. The van der Waals surface area contributed by atoms with E-state index < -0.39 is 0 Å². The molecule has 4 nitrogen and oxygen atoms in total. The minimum absolute atomic E-state index is 0.0494. The highest BCUT2D eigenvalue weighted by atomic mass is 19.1. The van der Waals surface area contributed by atoms with Crippen molar-refractivity contribution in [1.29, 1.82) is 0 Å². The average Bonchev–Trinajstić information content (AvgIpc) is 3.15. The number of benzene rings is 1. The number of nitrogens with one attached hydrogen (secondary N) is 1. The van der Waals surface area contributed by atoms with Crippen LogP contribution in [0, 0.1) is 5.82 Å². The molecule has 1 saturated heterocycles. The molecular weight excluding hydrogens is 365 g/mol. The van der Waals surface area contributed by atoms with Gasteiger partial charge in [-0.1, -0.05) is 31.6 Å². The SMILES string of the molecule is C=C(C)C[C@@H](C)c1ccc(O[C@@H]2CCN(c3ccnc(NCCC)c3F)C2)cc1. The molecule has 1 aromatic carbocycles. The van der Waals surface area contributed by atoms with Gasteiger partial charge < -0.3 is 15.0 Å². The van der Waals surface area contributed by atoms with E-state index in [1.54, 1.807) is 12.3 Å². The van der Waals surface area contributed by atoms with Gasteiger partial charge in [0.25, 0.3) is 0 Å². The molecule has 1 aromatic heterocycles. The van der Waals surface area contributed by atoms with Gasteiger partial charge in [-0.2, -0.15) is 0 Å². The molecule has 0 spiro atoms. The van der Waals surface area contributed by atoms with Crippen LogP contribution in [0.4, 0.5) is 15.9 Å². The second-order valence-corrected chi connectivity index (χ2v) is 8.03. The van der Waals surface area contributed by atoms with Gasteiger partial charge >= 0.3 is 0 Å². The molecule has 1 aliphatic rings. The summed E-state index contributed by atoms with van der Waals surface area (Å²) in [6.45, 7) is 12.5. The normalized spacial score (nSPS) is 17.2. The Bertz CT molecular complexity index is 821. The molecule has 0 radical (unpaired) electrons. The zero-order valence-electron chi connectivity index (χ0n) is 17.7. The number of anilines is 2. The minimum atomic E-state index is -0.280. The largest absolute Gasteiger partial charge is 0.489 e. The Hall–Kier alpha value is -2.56. The highest BCUT2D eigenvalue weighted by molar-refractivity contribution is 5.56. The summed E-state index contributed by atoms with van der Waals surface area (Å²) in [5.41, 5.74) is 3.08. The Morgan fingerprint density at radius 3 is 2.79 bits per heavy atom. The van der Waals surface area contributed by atoms with Crippen molar-refractivity contribution < 1.29 is 9.13 Å². The molecule has 1 N–H and O–H groups in total. The lowest BCUT2D eigenvalue weighted by molar-refractivity contribution is 0.225. The number of hydrogen-bond acceptors (Lipinski definition) is 4. The Balaban J connectivity index is 1.60. The van der Waals surface area contributed by atoms with Crippen LogP contribution >= 0.6 is 0 Å². The summed E-state index contributed by atoms with van der Waals surface area (Å²) in [7, 11) is 0.